The summed E-state index contributed by atoms with van der Waals surface area (Å²) < 4.78 is 8.36. The topological polar surface area (TPSA) is 14.2 Å². The highest BCUT2D eigenvalue weighted by Gasteiger charge is 2.04. The Hall–Kier alpha value is -0.800. The molecule has 0 atom stereocenters. The van der Waals surface area contributed by atoms with Crippen LogP contribution in [-0.2, 0) is 18.4 Å². The molecule has 0 saturated heterocycles. The van der Waals surface area contributed by atoms with Crippen molar-refractivity contribution in [2.75, 3.05) is 7.11 Å². The number of aryl methyl sites for hydroxylation is 1. The Morgan fingerprint density at radius 2 is 2.21 bits per heavy atom. The summed E-state index contributed by atoms with van der Waals surface area (Å²) in [5, 5.41) is 1.24. The maximum Gasteiger partial charge on any atom is 0.0714 e. The standard InChI is InChI=1S/C11H12BrNO/c1-13-4-3-9-10(12)5-8(7-14-2)6-11(9)13/h3-6H,7H2,1-2H3. The van der Waals surface area contributed by atoms with E-state index in [2.05, 4.69) is 44.9 Å². The Bertz CT molecular complexity index is 462. The summed E-state index contributed by atoms with van der Waals surface area (Å²) >= 11 is 3.56. The highest BCUT2D eigenvalue weighted by molar-refractivity contribution is 9.10. The molecule has 0 unspecified atom stereocenters. The van der Waals surface area contributed by atoms with Crippen molar-refractivity contribution in [3.05, 3.63) is 34.4 Å². The zero-order valence-electron chi connectivity index (χ0n) is 8.25. The first-order valence-corrected chi connectivity index (χ1v) is 5.24. The van der Waals surface area contributed by atoms with Crippen LogP contribution in [0, 0.1) is 0 Å². The van der Waals surface area contributed by atoms with Crippen molar-refractivity contribution >= 4 is 26.8 Å². The van der Waals surface area contributed by atoms with Crippen LogP contribution < -0.4 is 0 Å². The first-order valence-electron chi connectivity index (χ1n) is 4.45. The van der Waals surface area contributed by atoms with Gasteiger partial charge < -0.3 is 9.30 Å². The van der Waals surface area contributed by atoms with Crippen molar-refractivity contribution < 1.29 is 4.74 Å². The van der Waals surface area contributed by atoms with Crippen molar-refractivity contribution in [3.8, 4) is 0 Å². The average molecular weight is 254 g/mol. The van der Waals surface area contributed by atoms with Gasteiger partial charge in [-0.25, -0.2) is 0 Å². The highest BCUT2D eigenvalue weighted by Crippen LogP contribution is 2.26. The number of hydrogen-bond donors (Lipinski definition) is 0. The van der Waals surface area contributed by atoms with Crippen molar-refractivity contribution in [3.63, 3.8) is 0 Å². The Morgan fingerprint density at radius 1 is 1.43 bits per heavy atom. The van der Waals surface area contributed by atoms with E-state index in [1.165, 1.54) is 16.5 Å². The smallest absolute Gasteiger partial charge is 0.0714 e. The van der Waals surface area contributed by atoms with Crippen LogP contribution in [0.3, 0.4) is 0 Å². The van der Waals surface area contributed by atoms with Gasteiger partial charge in [0.25, 0.3) is 0 Å². The van der Waals surface area contributed by atoms with Gasteiger partial charge in [-0.15, -0.1) is 0 Å². The lowest BCUT2D eigenvalue weighted by atomic mass is 10.2. The normalized spacial score (nSPS) is 11.1. The fourth-order valence-electron chi connectivity index (χ4n) is 1.63. The molecule has 74 valence electrons. The van der Waals surface area contributed by atoms with Crippen molar-refractivity contribution in [2.45, 2.75) is 6.61 Å². The molecule has 0 N–H and O–H groups in total. The molecule has 0 aliphatic rings. The third-order valence-corrected chi connectivity index (χ3v) is 2.98. The van der Waals surface area contributed by atoms with Crippen LogP contribution in [0.2, 0.25) is 0 Å². The first kappa shape index (κ1) is 9.74. The molecule has 0 fully saturated rings. The summed E-state index contributed by atoms with van der Waals surface area (Å²) in [5.74, 6) is 0. The molecule has 2 nitrogen and oxygen atoms in total. The Kier molecular flexibility index (Phi) is 2.61. The van der Waals surface area contributed by atoms with Crippen LogP contribution in [0.5, 0.6) is 0 Å². The van der Waals surface area contributed by atoms with Crippen molar-refractivity contribution in [1.29, 1.82) is 0 Å². The van der Waals surface area contributed by atoms with Crippen LogP contribution in [0.15, 0.2) is 28.9 Å². The van der Waals surface area contributed by atoms with Gasteiger partial charge >= 0.3 is 0 Å². The molecule has 0 amide bonds. The number of nitrogens with zero attached hydrogens (tertiary/aromatic N) is 1. The predicted molar refractivity (Wildman–Crippen MR) is 61.3 cm³/mol. The number of ether oxygens (including phenoxy) is 1. The predicted octanol–water partition coefficient (Wildman–Crippen LogP) is 3.09. The van der Waals surface area contributed by atoms with Gasteiger partial charge in [-0.2, -0.15) is 0 Å². The lowest BCUT2D eigenvalue weighted by Gasteiger charge is -2.03. The molecule has 1 heterocycles. The molecule has 0 bridgehead atoms. The van der Waals surface area contributed by atoms with Gasteiger partial charge in [0.1, 0.15) is 0 Å². The van der Waals surface area contributed by atoms with Gasteiger partial charge in [-0.3, -0.25) is 0 Å². The second-order valence-electron chi connectivity index (χ2n) is 3.37. The number of benzene rings is 1. The molecule has 0 radical (unpaired) electrons. The van der Waals surface area contributed by atoms with E-state index in [-0.39, 0.29) is 0 Å². The lowest BCUT2D eigenvalue weighted by Crippen LogP contribution is -1.90. The molecule has 2 aromatic rings. The Balaban J connectivity index is 2.63. The summed E-state index contributed by atoms with van der Waals surface area (Å²) in [6.45, 7) is 0.652. The zero-order valence-corrected chi connectivity index (χ0v) is 9.84. The second-order valence-corrected chi connectivity index (χ2v) is 4.22. The summed E-state index contributed by atoms with van der Waals surface area (Å²) in [5.41, 5.74) is 2.42. The number of halogens is 1. The number of hydrogen-bond acceptors (Lipinski definition) is 1. The molecule has 0 aliphatic heterocycles. The lowest BCUT2D eigenvalue weighted by molar-refractivity contribution is 0.185. The fourth-order valence-corrected chi connectivity index (χ4v) is 2.26. The van der Waals surface area contributed by atoms with E-state index in [4.69, 9.17) is 4.74 Å². The average Bonchev–Trinajstić information content (AvgIpc) is 2.49. The minimum Gasteiger partial charge on any atom is -0.380 e. The summed E-state index contributed by atoms with van der Waals surface area (Å²) in [7, 11) is 3.76. The number of methoxy groups -OCH3 is 1. The number of fused-ring (bicyclic) bond motifs is 1. The third-order valence-electron chi connectivity index (χ3n) is 2.32. The molecule has 2 rings (SSSR count). The van der Waals surface area contributed by atoms with E-state index < -0.39 is 0 Å². The van der Waals surface area contributed by atoms with Crippen LogP contribution in [-0.4, -0.2) is 11.7 Å². The number of aromatic nitrogens is 1. The molecule has 0 saturated carbocycles. The number of rotatable bonds is 2. The minimum absolute atomic E-state index is 0.652. The van der Waals surface area contributed by atoms with Crippen LogP contribution >= 0.6 is 15.9 Å². The summed E-state index contributed by atoms with van der Waals surface area (Å²) in [4.78, 5) is 0. The molecule has 3 heteroatoms. The third kappa shape index (κ3) is 1.57. The van der Waals surface area contributed by atoms with E-state index in [0.717, 1.165) is 4.47 Å². The van der Waals surface area contributed by atoms with Gasteiger partial charge in [0, 0.05) is 35.7 Å². The molecular weight excluding hydrogens is 242 g/mol. The Labute approximate surface area is 91.6 Å². The maximum atomic E-state index is 5.12. The van der Waals surface area contributed by atoms with E-state index >= 15 is 0 Å². The summed E-state index contributed by atoms with van der Waals surface area (Å²) in [6.07, 6.45) is 2.06. The molecule has 0 aliphatic carbocycles. The SMILES string of the molecule is COCc1cc(Br)c2ccn(C)c2c1. The second kappa shape index (κ2) is 3.75. The Morgan fingerprint density at radius 3 is 2.93 bits per heavy atom. The largest absolute Gasteiger partial charge is 0.380 e. The zero-order chi connectivity index (χ0) is 10.1. The molecule has 1 aromatic heterocycles. The molecular formula is C11H12BrNO. The van der Waals surface area contributed by atoms with Crippen LogP contribution in [0.4, 0.5) is 0 Å². The van der Waals surface area contributed by atoms with Crippen LogP contribution in [0.1, 0.15) is 5.56 Å². The van der Waals surface area contributed by atoms with Crippen molar-refractivity contribution in [1.82, 2.24) is 4.57 Å². The molecule has 1 aromatic carbocycles. The van der Waals surface area contributed by atoms with Gasteiger partial charge in [-0.05, 0) is 23.8 Å². The minimum atomic E-state index is 0.652. The molecule has 14 heavy (non-hydrogen) atoms. The first-order chi connectivity index (χ1) is 6.72. The van der Waals surface area contributed by atoms with E-state index in [0.29, 0.717) is 6.61 Å². The van der Waals surface area contributed by atoms with Gasteiger partial charge in [0.15, 0.2) is 0 Å². The monoisotopic (exact) mass is 253 g/mol. The molecule has 0 spiro atoms. The van der Waals surface area contributed by atoms with Gasteiger partial charge in [0.2, 0.25) is 0 Å². The van der Waals surface area contributed by atoms with E-state index in [1.54, 1.807) is 7.11 Å². The van der Waals surface area contributed by atoms with E-state index in [9.17, 15) is 0 Å². The quantitative estimate of drug-likeness (QED) is 0.803. The summed E-state index contributed by atoms with van der Waals surface area (Å²) in [6, 6.07) is 6.37. The van der Waals surface area contributed by atoms with Gasteiger partial charge in [-0.1, -0.05) is 15.9 Å². The van der Waals surface area contributed by atoms with Crippen molar-refractivity contribution in [2.24, 2.45) is 7.05 Å². The van der Waals surface area contributed by atoms with Gasteiger partial charge in [0.05, 0.1) is 6.61 Å². The fraction of sp³-hybridized carbons (Fsp3) is 0.273. The maximum absolute atomic E-state index is 5.12. The highest BCUT2D eigenvalue weighted by atomic mass is 79.9. The van der Waals surface area contributed by atoms with E-state index in [1.807, 2.05) is 7.05 Å². The van der Waals surface area contributed by atoms with Crippen LogP contribution in [0.25, 0.3) is 10.9 Å².